The number of aryl methyl sites for hydroxylation is 1. The highest BCUT2D eigenvalue weighted by Crippen LogP contribution is 2.23. The highest BCUT2D eigenvalue weighted by molar-refractivity contribution is 5.21. The zero-order valence-electron chi connectivity index (χ0n) is 14.2. The first kappa shape index (κ1) is 17.4. The fourth-order valence-electron chi connectivity index (χ4n) is 2.31. The van der Waals surface area contributed by atoms with Crippen LogP contribution in [-0.2, 0) is 19.6 Å². The molecule has 2 rings (SSSR count). The molecule has 0 aliphatic rings. The van der Waals surface area contributed by atoms with E-state index in [4.69, 9.17) is 4.74 Å². The average Bonchev–Trinajstić information content (AvgIpc) is 2.80. The van der Waals surface area contributed by atoms with Crippen LogP contribution in [0.15, 0.2) is 24.3 Å². The van der Waals surface area contributed by atoms with Gasteiger partial charge in [-0.05, 0) is 30.0 Å². The van der Waals surface area contributed by atoms with Crippen molar-refractivity contribution in [2.45, 2.75) is 53.7 Å². The summed E-state index contributed by atoms with van der Waals surface area (Å²) in [5, 5.41) is 4.56. The molecular formula is C18H24F2N2O. The molecule has 0 radical (unpaired) electrons. The van der Waals surface area contributed by atoms with E-state index < -0.39 is 11.6 Å². The highest BCUT2D eigenvalue weighted by atomic mass is 19.1. The molecule has 0 aliphatic carbocycles. The lowest BCUT2D eigenvalue weighted by Gasteiger charge is -2.19. The molecule has 126 valence electrons. The normalized spacial score (nSPS) is 11.7. The van der Waals surface area contributed by atoms with Gasteiger partial charge in [0.25, 0.3) is 0 Å². The lowest BCUT2D eigenvalue weighted by molar-refractivity contribution is 0.239. The van der Waals surface area contributed by atoms with Crippen molar-refractivity contribution in [3.63, 3.8) is 0 Å². The maximum absolute atomic E-state index is 13.7. The first-order valence-corrected chi connectivity index (χ1v) is 7.92. The molecule has 3 nitrogen and oxygen atoms in total. The largest absolute Gasteiger partial charge is 0.473 e. The second-order valence-corrected chi connectivity index (χ2v) is 6.97. The molecule has 1 aromatic carbocycles. The Balaban J connectivity index is 2.18. The van der Waals surface area contributed by atoms with Gasteiger partial charge >= 0.3 is 0 Å². The van der Waals surface area contributed by atoms with Gasteiger partial charge < -0.3 is 4.74 Å². The van der Waals surface area contributed by atoms with Gasteiger partial charge in [0.15, 0.2) is 0 Å². The monoisotopic (exact) mass is 322 g/mol. The Bertz CT molecular complexity index is 660. The van der Waals surface area contributed by atoms with Crippen LogP contribution in [0, 0.1) is 17.0 Å². The first-order valence-electron chi connectivity index (χ1n) is 7.92. The van der Waals surface area contributed by atoms with Crippen molar-refractivity contribution >= 4 is 0 Å². The molecule has 0 fully saturated rings. The van der Waals surface area contributed by atoms with Crippen molar-refractivity contribution < 1.29 is 13.5 Å². The Morgan fingerprint density at radius 3 is 2.57 bits per heavy atom. The van der Waals surface area contributed by atoms with Crippen LogP contribution in [0.25, 0.3) is 0 Å². The third kappa shape index (κ3) is 5.05. The van der Waals surface area contributed by atoms with Crippen LogP contribution in [0.2, 0.25) is 0 Å². The lowest BCUT2D eigenvalue weighted by atomic mass is 9.97. The van der Waals surface area contributed by atoms with Crippen LogP contribution < -0.4 is 4.74 Å². The number of nitrogens with zero attached hydrogens (tertiary/aromatic N) is 2. The van der Waals surface area contributed by atoms with Crippen molar-refractivity contribution in [2.75, 3.05) is 0 Å². The van der Waals surface area contributed by atoms with Crippen LogP contribution >= 0.6 is 0 Å². The van der Waals surface area contributed by atoms with Crippen LogP contribution in [-0.4, -0.2) is 9.78 Å². The summed E-state index contributed by atoms with van der Waals surface area (Å²) >= 11 is 0. The fourth-order valence-corrected chi connectivity index (χ4v) is 2.31. The van der Waals surface area contributed by atoms with Gasteiger partial charge in [0.2, 0.25) is 5.88 Å². The van der Waals surface area contributed by atoms with Crippen LogP contribution in [0.4, 0.5) is 8.78 Å². The second kappa shape index (κ2) is 7.11. The molecule has 1 heterocycles. The van der Waals surface area contributed by atoms with Gasteiger partial charge in [-0.2, -0.15) is 5.10 Å². The van der Waals surface area contributed by atoms with E-state index >= 15 is 0 Å². The van der Waals surface area contributed by atoms with E-state index in [9.17, 15) is 8.78 Å². The van der Waals surface area contributed by atoms with Gasteiger partial charge in [-0.3, -0.25) is 0 Å². The van der Waals surface area contributed by atoms with E-state index in [1.807, 2.05) is 10.7 Å². The molecule has 0 saturated carbocycles. The molecule has 0 saturated heterocycles. The molecule has 0 aliphatic heterocycles. The molecule has 0 bridgehead atoms. The summed E-state index contributed by atoms with van der Waals surface area (Å²) in [6, 6.07) is 5.25. The maximum atomic E-state index is 13.7. The number of rotatable bonds is 6. The Morgan fingerprint density at radius 2 is 1.91 bits per heavy atom. The molecule has 0 amide bonds. The molecule has 5 heteroatoms. The van der Waals surface area contributed by atoms with Gasteiger partial charge in [-0.1, -0.05) is 34.1 Å². The molecule has 0 unspecified atom stereocenters. The second-order valence-electron chi connectivity index (χ2n) is 6.97. The molecule has 2 aromatic rings. The summed E-state index contributed by atoms with van der Waals surface area (Å²) < 4.78 is 34.5. The summed E-state index contributed by atoms with van der Waals surface area (Å²) in [6.45, 7) is 9.10. The van der Waals surface area contributed by atoms with E-state index in [1.165, 1.54) is 0 Å². The number of halogens is 2. The minimum Gasteiger partial charge on any atom is -0.473 e. The minimum absolute atomic E-state index is 0.0228. The van der Waals surface area contributed by atoms with Crippen molar-refractivity contribution in [2.24, 2.45) is 5.41 Å². The zero-order valence-corrected chi connectivity index (χ0v) is 14.2. The molecule has 0 N–H and O–H groups in total. The van der Waals surface area contributed by atoms with E-state index in [1.54, 1.807) is 0 Å². The molecular weight excluding hydrogens is 298 g/mol. The van der Waals surface area contributed by atoms with Crippen molar-refractivity contribution in [3.05, 3.63) is 47.2 Å². The highest BCUT2D eigenvalue weighted by Gasteiger charge is 2.17. The Kier molecular flexibility index (Phi) is 5.39. The van der Waals surface area contributed by atoms with Gasteiger partial charge in [0.05, 0.1) is 5.69 Å². The number of ether oxygens (including phenoxy) is 1. The third-order valence-corrected chi connectivity index (χ3v) is 3.31. The topological polar surface area (TPSA) is 27.1 Å². The Morgan fingerprint density at radius 1 is 1.17 bits per heavy atom. The van der Waals surface area contributed by atoms with Gasteiger partial charge in [0.1, 0.15) is 18.2 Å². The standard InChI is InChI=1S/C18H24F2N2O/c1-5-6-15-10-17(22(21-15)12-18(2,3)4)23-11-13-9-14(19)7-8-16(13)20/h7-10H,5-6,11-12H2,1-4H3. The summed E-state index contributed by atoms with van der Waals surface area (Å²) in [7, 11) is 0. The van der Waals surface area contributed by atoms with Crippen LogP contribution in [0.1, 0.15) is 45.4 Å². The van der Waals surface area contributed by atoms with E-state index in [0.717, 1.165) is 36.7 Å². The quantitative estimate of drug-likeness (QED) is 0.768. The van der Waals surface area contributed by atoms with Crippen molar-refractivity contribution in [3.8, 4) is 5.88 Å². The Labute approximate surface area is 136 Å². The predicted octanol–water partition coefficient (Wildman–Crippen LogP) is 4.74. The van der Waals surface area contributed by atoms with Crippen LogP contribution in [0.3, 0.4) is 0 Å². The summed E-state index contributed by atoms with van der Waals surface area (Å²) in [4.78, 5) is 0. The van der Waals surface area contributed by atoms with Crippen molar-refractivity contribution in [1.82, 2.24) is 9.78 Å². The summed E-state index contributed by atoms with van der Waals surface area (Å²) in [6.07, 6.45) is 1.85. The van der Waals surface area contributed by atoms with Gasteiger partial charge in [-0.15, -0.1) is 0 Å². The smallest absolute Gasteiger partial charge is 0.212 e. The number of aromatic nitrogens is 2. The van der Waals surface area contributed by atoms with E-state index in [-0.39, 0.29) is 17.6 Å². The lowest BCUT2D eigenvalue weighted by Crippen LogP contribution is -2.18. The fraction of sp³-hybridized carbons (Fsp3) is 0.500. The summed E-state index contributed by atoms with van der Waals surface area (Å²) in [5.74, 6) is -0.353. The SMILES string of the molecule is CCCc1cc(OCc2cc(F)ccc2F)n(CC(C)(C)C)n1. The Hall–Kier alpha value is -1.91. The van der Waals surface area contributed by atoms with Gasteiger partial charge in [0, 0.05) is 18.2 Å². The van der Waals surface area contributed by atoms with Gasteiger partial charge in [-0.25, -0.2) is 13.5 Å². The maximum Gasteiger partial charge on any atom is 0.212 e. The van der Waals surface area contributed by atoms with E-state index in [0.29, 0.717) is 12.4 Å². The van der Waals surface area contributed by atoms with Crippen molar-refractivity contribution in [1.29, 1.82) is 0 Å². The zero-order chi connectivity index (χ0) is 17.0. The van der Waals surface area contributed by atoms with Crippen LogP contribution in [0.5, 0.6) is 5.88 Å². The number of hydrogen-bond acceptors (Lipinski definition) is 2. The molecule has 1 aromatic heterocycles. The number of hydrogen-bond donors (Lipinski definition) is 0. The summed E-state index contributed by atoms with van der Waals surface area (Å²) in [5.41, 5.74) is 1.19. The minimum atomic E-state index is -0.472. The third-order valence-electron chi connectivity index (χ3n) is 3.31. The number of benzene rings is 1. The average molecular weight is 322 g/mol. The predicted molar refractivity (Wildman–Crippen MR) is 86.4 cm³/mol. The molecule has 23 heavy (non-hydrogen) atoms. The molecule has 0 spiro atoms. The molecule has 0 atom stereocenters. The first-order chi connectivity index (χ1) is 10.8. The van der Waals surface area contributed by atoms with E-state index in [2.05, 4.69) is 32.8 Å².